The van der Waals surface area contributed by atoms with Crippen LogP contribution in [0.1, 0.15) is 25.3 Å². The molecule has 0 radical (unpaired) electrons. The van der Waals surface area contributed by atoms with Crippen molar-refractivity contribution in [1.29, 1.82) is 0 Å². The number of piperidine rings is 1. The van der Waals surface area contributed by atoms with Crippen LogP contribution >= 0.6 is 0 Å². The summed E-state index contributed by atoms with van der Waals surface area (Å²) in [6, 6.07) is 9.83. The van der Waals surface area contributed by atoms with E-state index in [1.807, 2.05) is 37.3 Å². The van der Waals surface area contributed by atoms with Crippen LogP contribution in [0.25, 0.3) is 10.9 Å². The lowest BCUT2D eigenvalue weighted by atomic mass is 9.93. The molecule has 21 heavy (non-hydrogen) atoms. The zero-order chi connectivity index (χ0) is 14.8. The second kappa shape index (κ2) is 6.00. The molecular weight excluding hydrogens is 264 g/mol. The van der Waals surface area contributed by atoms with E-state index in [0.717, 1.165) is 42.4 Å². The highest BCUT2D eigenvalue weighted by atomic mass is 16.3. The van der Waals surface area contributed by atoms with Crippen LogP contribution in [-0.4, -0.2) is 34.2 Å². The highest BCUT2D eigenvalue weighted by Gasteiger charge is 2.23. The molecule has 2 aromatic rings. The number of aliphatic hydroxyl groups is 1. The maximum atomic E-state index is 12.2. The van der Waals surface area contributed by atoms with E-state index in [9.17, 15) is 9.90 Å². The number of likely N-dealkylation sites (tertiary alicyclic amines) is 1. The zero-order valence-electron chi connectivity index (χ0n) is 12.4. The van der Waals surface area contributed by atoms with Crippen molar-refractivity contribution in [2.24, 2.45) is 5.92 Å². The first-order chi connectivity index (χ1) is 10.1. The fraction of sp³-hybridized carbons (Fsp3) is 0.471. The Hall–Kier alpha value is -1.65. The molecule has 1 aliphatic rings. The molecule has 1 fully saturated rings. The second-order valence-electron chi connectivity index (χ2n) is 6.09. The standard InChI is InChI=1S/C17H22N2O2/c1-12(20)14-6-4-8-19(10-14)11-15-9-13-5-2-3-7-16(13)18-17(15)21/h2-3,5,7,9,12,14,20H,4,6,8,10-11H2,1H3,(H,18,21). The Morgan fingerprint density at radius 1 is 1.43 bits per heavy atom. The first-order valence-corrected chi connectivity index (χ1v) is 7.65. The third-order valence-electron chi connectivity index (χ3n) is 4.45. The lowest BCUT2D eigenvalue weighted by Gasteiger charge is -2.34. The Morgan fingerprint density at radius 2 is 2.24 bits per heavy atom. The predicted molar refractivity (Wildman–Crippen MR) is 84.3 cm³/mol. The van der Waals surface area contributed by atoms with Crippen LogP contribution in [0.15, 0.2) is 35.1 Å². The second-order valence-corrected chi connectivity index (χ2v) is 6.09. The van der Waals surface area contributed by atoms with Crippen LogP contribution in [0, 0.1) is 5.92 Å². The largest absolute Gasteiger partial charge is 0.393 e. The number of hydrogen-bond acceptors (Lipinski definition) is 3. The van der Waals surface area contributed by atoms with Crippen molar-refractivity contribution >= 4 is 10.9 Å². The summed E-state index contributed by atoms with van der Waals surface area (Å²) < 4.78 is 0. The van der Waals surface area contributed by atoms with Crippen molar-refractivity contribution in [1.82, 2.24) is 9.88 Å². The minimum Gasteiger partial charge on any atom is -0.393 e. The number of H-pyrrole nitrogens is 1. The fourth-order valence-corrected chi connectivity index (χ4v) is 3.18. The fourth-order valence-electron chi connectivity index (χ4n) is 3.18. The molecule has 0 amide bonds. The Kier molecular flexibility index (Phi) is 4.08. The third kappa shape index (κ3) is 3.17. The van der Waals surface area contributed by atoms with Gasteiger partial charge in [-0.2, -0.15) is 0 Å². The van der Waals surface area contributed by atoms with Gasteiger partial charge in [0.25, 0.3) is 5.56 Å². The Balaban J connectivity index is 1.81. The molecule has 4 heteroatoms. The summed E-state index contributed by atoms with van der Waals surface area (Å²) in [4.78, 5) is 17.4. The molecule has 3 rings (SSSR count). The van der Waals surface area contributed by atoms with E-state index in [0.29, 0.717) is 12.5 Å². The molecule has 2 heterocycles. The number of nitrogens with zero attached hydrogens (tertiary/aromatic N) is 1. The van der Waals surface area contributed by atoms with Gasteiger partial charge in [0.1, 0.15) is 0 Å². The molecule has 0 bridgehead atoms. The number of pyridine rings is 1. The summed E-state index contributed by atoms with van der Waals surface area (Å²) in [6.07, 6.45) is 1.88. The van der Waals surface area contributed by atoms with Gasteiger partial charge in [-0.1, -0.05) is 18.2 Å². The highest BCUT2D eigenvalue weighted by Crippen LogP contribution is 2.21. The lowest BCUT2D eigenvalue weighted by molar-refractivity contribution is 0.0598. The normalized spacial score (nSPS) is 21.5. The van der Waals surface area contributed by atoms with Gasteiger partial charge in [-0.3, -0.25) is 9.69 Å². The van der Waals surface area contributed by atoms with E-state index >= 15 is 0 Å². The number of rotatable bonds is 3. The van der Waals surface area contributed by atoms with Crippen LogP contribution in [0.5, 0.6) is 0 Å². The molecule has 2 atom stereocenters. The number of benzene rings is 1. The van der Waals surface area contributed by atoms with Gasteiger partial charge in [0.2, 0.25) is 0 Å². The van der Waals surface area contributed by atoms with E-state index in [4.69, 9.17) is 0 Å². The summed E-state index contributed by atoms with van der Waals surface area (Å²) in [5, 5.41) is 10.8. The van der Waals surface area contributed by atoms with E-state index in [-0.39, 0.29) is 11.7 Å². The van der Waals surface area contributed by atoms with Gasteiger partial charge < -0.3 is 10.1 Å². The van der Waals surface area contributed by atoms with Crippen LogP contribution in [0.3, 0.4) is 0 Å². The van der Waals surface area contributed by atoms with Gasteiger partial charge in [0.05, 0.1) is 6.10 Å². The Bertz CT molecular complexity index is 678. The first-order valence-electron chi connectivity index (χ1n) is 7.65. The third-order valence-corrected chi connectivity index (χ3v) is 4.45. The summed E-state index contributed by atoms with van der Waals surface area (Å²) in [5.74, 6) is 0.318. The average molecular weight is 286 g/mol. The summed E-state index contributed by atoms with van der Waals surface area (Å²) >= 11 is 0. The quantitative estimate of drug-likeness (QED) is 0.908. The highest BCUT2D eigenvalue weighted by molar-refractivity contribution is 5.78. The lowest BCUT2D eigenvalue weighted by Crippen LogP contribution is -2.39. The number of aromatic amines is 1. The predicted octanol–water partition coefficient (Wildman–Crippen LogP) is 2.12. The molecule has 1 aromatic carbocycles. The van der Waals surface area contributed by atoms with E-state index in [2.05, 4.69) is 9.88 Å². The van der Waals surface area contributed by atoms with Gasteiger partial charge in [-0.25, -0.2) is 0 Å². The SMILES string of the molecule is CC(O)C1CCCN(Cc2cc3ccccc3[nH]c2=O)C1. The van der Waals surface area contributed by atoms with Gasteiger partial charge in [-0.15, -0.1) is 0 Å². The molecule has 1 saturated heterocycles. The average Bonchev–Trinajstić information content (AvgIpc) is 2.48. The monoisotopic (exact) mass is 286 g/mol. The van der Waals surface area contributed by atoms with Gasteiger partial charge >= 0.3 is 0 Å². The Morgan fingerprint density at radius 3 is 3.05 bits per heavy atom. The van der Waals surface area contributed by atoms with Gasteiger partial charge in [0.15, 0.2) is 0 Å². The van der Waals surface area contributed by atoms with Crippen molar-refractivity contribution in [3.8, 4) is 0 Å². The summed E-state index contributed by atoms with van der Waals surface area (Å²) in [7, 11) is 0. The Labute approximate surface area is 124 Å². The minimum atomic E-state index is -0.275. The number of nitrogens with one attached hydrogen (secondary N) is 1. The van der Waals surface area contributed by atoms with Crippen molar-refractivity contribution in [2.45, 2.75) is 32.4 Å². The number of hydrogen-bond donors (Lipinski definition) is 2. The molecular formula is C17H22N2O2. The topological polar surface area (TPSA) is 56.3 Å². The molecule has 2 N–H and O–H groups in total. The number of fused-ring (bicyclic) bond motifs is 1. The molecule has 4 nitrogen and oxygen atoms in total. The van der Waals surface area contributed by atoms with E-state index in [1.54, 1.807) is 0 Å². The molecule has 112 valence electrons. The molecule has 2 unspecified atom stereocenters. The van der Waals surface area contributed by atoms with Crippen LogP contribution in [-0.2, 0) is 6.54 Å². The van der Waals surface area contributed by atoms with Crippen LogP contribution < -0.4 is 5.56 Å². The van der Waals surface area contributed by atoms with E-state index < -0.39 is 0 Å². The summed E-state index contributed by atoms with van der Waals surface area (Å²) in [6.45, 7) is 4.37. The molecule has 0 aliphatic carbocycles. The maximum absolute atomic E-state index is 12.2. The maximum Gasteiger partial charge on any atom is 0.252 e. The molecule has 0 spiro atoms. The number of para-hydroxylation sites is 1. The number of aromatic nitrogens is 1. The number of aliphatic hydroxyl groups excluding tert-OH is 1. The van der Waals surface area contributed by atoms with Gasteiger partial charge in [0, 0.05) is 24.2 Å². The van der Waals surface area contributed by atoms with Crippen molar-refractivity contribution in [3.63, 3.8) is 0 Å². The van der Waals surface area contributed by atoms with Crippen LogP contribution in [0.4, 0.5) is 0 Å². The molecule has 1 aromatic heterocycles. The molecule has 0 saturated carbocycles. The van der Waals surface area contributed by atoms with Crippen molar-refractivity contribution in [3.05, 3.63) is 46.2 Å². The van der Waals surface area contributed by atoms with E-state index in [1.165, 1.54) is 0 Å². The van der Waals surface area contributed by atoms with Crippen LogP contribution in [0.2, 0.25) is 0 Å². The summed E-state index contributed by atoms with van der Waals surface area (Å²) in [5.41, 5.74) is 1.68. The zero-order valence-corrected chi connectivity index (χ0v) is 12.4. The van der Waals surface area contributed by atoms with Gasteiger partial charge in [-0.05, 0) is 49.7 Å². The first kappa shape index (κ1) is 14.3. The smallest absolute Gasteiger partial charge is 0.252 e. The molecule has 1 aliphatic heterocycles. The minimum absolute atomic E-state index is 0.00660. The van der Waals surface area contributed by atoms with Crippen molar-refractivity contribution < 1.29 is 5.11 Å². The van der Waals surface area contributed by atoms with Crippen molar-refractivity contribution in [2.75, 3.05) is 13.1 Å².